The summed E-state index contributed by atoms with van der Waals surface area (Å²) in [6.45, 7) is 1.72. The van der Waals surface area contributed by atoms with Gasteiger partial charge in [0, 0.05) is 6.42 Å². The van der Waals surface area contributed by atoms with E-state index >= 15 is 0 Å². The van der Waals surface area contributed by atoms with E-state index in [9.17, 15) is 9.90 Å². The van der Waals surface area contributed by atoms with Crippen LogP contribution in [0.15, 0.2) is 35.4 Å². The van der Waals surface area contributed by atoms with Gasteiger partial charge in [0.1, 0.15) is 16.4 Å². The van der Waals surface area contributed by atoms with Crippen LogP contribution in [0.1, 0.15) is 27.4 Å². The highest BCUT2D eigenvalue weighted by atomic mass is 32.1. The zero-order chi connectivity index (χ0) is 13.1. The van der Waals surface area contributed by atoms with Crippen molar-refractivity contribution in [3.8, 4) is 0 Å². The molecular weight excluding hydrogens is 248 g/mol. The second-order valence-electron chi connectivity index (χ2n) is 3.88. The summed E-state index contributed by atoms with van der Waals surface area (Å²) in [6, 6.07) is 9.59. The molecule has 0 aliphatic carbocycles. The van der Waals surface area contributed by atoms with Crippen LogP contribution < -0.4 is 0 Å². The molecule has 0 saturated heterocycles. The number of aryl methyl sites for hydroxylation is 1. The Morgan fingerprint density at radius 2 is 1.94 bits per heavy atom. The lowest BCUT2D eigenvalue weighted by Crippen LogP contribution is -2.10. The fourth-order valence-corrected chi connectivity index (χ4v) is 2.12. The van der Waals surface area contributed by atoms with E-state index in [1.54, 1.807) is 6.92 Å². The molecule has 0 amide bonds. The molecule has 0 saturated carbocycles. The third-order valence-corrected chi connectivity index (χ3v) is 2.83. The zero-order valence-corrected chi connectivity index (χ0v) is 10.7. The second kappa shape index (κ2) is 5.18. The average Bonchev–Trinajstić information content (AvgIpc) is 2.28. The smallest absolute Gasteiger partial charge is 0.340 e. The molecule has 0 spiro atoms. The topological polar surface area (TPSA) is 63.1 Å². The van der Waals surface area contributed by atoms with Crippen LogP contribution in [-0.2, 0) is 6.42 Å². The third-order valence-electron chi connectivity index (χ3n) is 2.50. The predicted octanol–water partition coefficient (Wildman–Crippen LogP) is 2.36. The van der Waals surface area contributed by atoms with Gasteiger partial charge in [-0.2, -0.15) is 0 Å². The van der Waals surface area contributed by atoms with Gasteiger partial charge < -0.3 is 5.11 Å². The Balaban J connectivity index is 2.46. The molecule has 0 bridgehead atoms. The first-order valence-corrected chi connectivity index (χ1v) is 5.86. The molecule has 1 N–H and O–H groups in total. The van der Waals surface area contributed by atoms with Gasteiger partial charge in [-0.15, -0.1) is 12.6 Å². The molecule has 92 valence electrons. The summed E-state index contributed by atoms with van der Waals surface area (Å²) in [5, 5.41) is 9.40. The molecule has 1 aromatic carbocycles. The largest absolute Gasteiger partial charge is 0.478 e. The molecular formula is C13H12N2O2S. The number of aromatic nitrogens is 2. The molecule has 4 nitrogen and oxygen atoms in total. The maximum atomic E-state index is 11.2. The Hall–Kier alpha value is -1.88. The highest BCUT2D eigenvalue weighted by Crippen LogP contribution is 2.18. The molecule has 1 aromatic heterocycles. The molecule has 0 aliphatic rings. The number of carboxylic acids is 1. The first kappa shape index (κ1) is 12.6. The molecule has 2 aromatic rings. The van der Waals surface area contributed by atoms with Crippen molar-refractivity contribution in [1.29, 1.82) is 0 Å². The van der Waals surface area contributed by atoms with Crippen LogP contribution in [0.2, 0.25) is 0 Å². The minimum Gasteiger partial charge on any atom is -0.478 e. The normalized spacial score (nSPS) is 10.3. The molecule has 0 radical (unpaired) electrons. The standard InChI is InChI=1S/C13H12N2O2S/c1-8-14-10(7-9-5-3-2-4-6-9)11(13(16)17)12(18)15-8/h2-6H,7H2,1H3,(H,16,17)(H,14,15,18). The van der Waals surface area contributed by atoms with Crippen LogP contribution >= 0.6 is 12.6 Å². The molecule has 0 fully saturated rings. The number of nitrogens with zero attached hydrogens (tertiary/aromatic N) is 2. The second-order valence-corrected chi connectivity index (χ2v) is 4.31. The first-order chi connectivity index (χ1) is 8.58. The summed E-state index contributed by atoms with van der Waals surface area (Å²) >= 11 is 4.11. The van der Waals surface area contributed by atoms with Gasteiger partial charge in [0.05, 0.1) is 5.69 Å². The molecule has 0 atom stereocenters. The van der Waals surface area contributed by atoms with Crippen LogP contribution in [-0.4, -0.2) is 21.0 Å². The lowest BCUT2D eigenvalue weighted by Gasteiger charge is -2.08. The van der Waals surface area contributed by atoms with Gasteiger partial charge in [-0.05, 0) is 12.5 Å². The van der Waals surface area contributed by atoms with Gasteiger partial charge in [0.15, 0.2) is 0 Å². The highest BCUT2D eigenvalue weighted by molar-refractivity contribution is 7.80. The fourth-order valence-electron chi connectivity index (χ4n) is 1.75. The summed E-state index contributed by atoms with van der Waals surface area (Å²) in [7, 11) is 0. The van der Waals surface area contributed by atoms with Gasteiger partial charge in [-0.25, -0.2) is 14.8 Å². The Morgan fingerprint density at radius 3 is 2.56 bits per heavy atom. The number of hydrogen-bond donors (Lipinski definition) is 2. The molecule has 18 heavy (non-hydrogen) atoms. The summed E-state index contributed by atoms with van der Waals surface area (Å²) in [6.07, 6.45) is 0.458. The van der Waals surface area contributed by atoms with E-state index in [1.807, 2.05) is 30.3 Å². The van der Waals surface area contributed by atoms with Gasteiger partial charge in [0.2, 0.25) is 0 Å². The zero-order valence-electron chi connectivity index (χ0n) is 9.79. The summed E-state index contributed by atoms with van der Waals surface area (Å²) in [4.78, 5) is 19.4. The van der Waals surface area contributed by atoms with Gasteiger partial charge in [-0.3, -0.25) is 0 Å². The molecule has 0 aliphatic heterocycles. The van der Waals surface area contributed by atoms with Gasteiger partial charge in [0.25, 0.3) is 0 Å². The van der Waals surface area contributed by atoms with Crippen molar-refractivity contribution in [1.82, 2.24) is 9.97 Å². The van der Waals surface area contributed by atoms with E-state index in [0.717, 1.165) is 5.56 Å². The lowest BCUT2D eigenvalue weighted by atomic mass is 10.1. The van der Waals surface area contributed by atoms with Crippen molar-refractivity contribution in [2.75, 3.05) is 0 Å². The Bertz CT molecular complexity index is 585. The van der Waals surface area contributed by atoms with Crippen LogP contribution in [0.3, 0.4) is 0 Å². The maximum Gasteiger partial charge on any atom is 0.340 e. The number of benzene rings is 1. The van der Waals surface area contributed by atoms with Crippen molar-refractivity contribution in [2.45, 2.75) is 18.4 Å². The van der Waals surface area contributed by atoms with Gasteiger partial charge >= 0.3 is 5.97 Å². The number of rotatable bonds is 3. The third kappa shape index (κ3) is 2.68. The minimum atomic E-state index is -1.05. The van der Waals surface area contributed by atoms with Crippen LogP contribution in [0.25, 0.3) is 0 Å². The minimum absolute atomic E-state index is 0.0767. The van der Waals surface area contributed by atoms with E-state index in [-0.39, 0.29) is 10.6 Å². The number of carboxylic acid groups (broad SMARTS) is 1. The summed E-state index contributed by atoms with van der Waals surface area (Å²) in [5.74, 6) is -0.526. The van der Waals surface area contributed by atoms with Crippen molar-refractivity contribution < 1.29 is 9.90 Å². The fraction of sp³-hybridized carbons (Fsp3) is 0.154. The van der Waals surface area contributed by atoms with Crippen molar-refractivity contribution in [3.63, 3.8) is 0 Å². The molecule has 0 unspecified atom stereocenters. The lowest BCUT2D eigenvalue weighted by molar-refractivity contribution is 0.0690. The molecule has 1 heterocycles. The predicted molar refractivity (Wildman–Crippen MR) is 70.2 cm³/mol. The SMILES string of the molecule is Cc1nc(S)c(C(=O)O)c(Cc2ccccc2)n1. The Labute approximate surface area is 110 Å². The summed E-state index contributed by atoms with van der Waals surface area (Å²) in [5.41, 5.74) is 1.57. The number of carbonyl (C=O) groups is 1. The van der Waals surface area contributed by atoms with Gasteiger partial charge in [-0.1, -0.05) is 30.3 Å². The average molecular weight is 260 g/mol. The molecule has 5 heteroatoms. The van der Waals surface area contributed by atoms with E-state index in [1.165, 1.54) is 0 Å². The Morgan fingerprint density at radius 1 is 1.28 bits per heavy atom. The highest BCUT2D eigenvalue weighted by Gasteiger charge is 2.17. The monoisotopic (exact) mass is 260 g/mol. The van der Waals surface area contributed by atoms with Crippen LogP contribution in [0.4, 0.5) is 0 Å². The molecule has 2 rings (SSSR count). The van der Waals surface area contributed by atoms with E-state index < -0.39 is 5.97 Å². The van der Waals surface area contributed by atoms with Crippen molar-refractivity contribution in [2.24, 2.45) is 0 Å². The number of thiol groups is 1. The number of aromatic carboxylic acids is 1. The van der Waals surface area contributed by atoms with Crippen LogP contribution in [0, 0.1) is 6.92 Å². The maximum absolute atomic E-state index is 11.2. The van der Waals surface area contributed by atoms with E-state index in [2.05, 4.69) is 22.6 Å². The summed E-state index contributed by atoms with van der Waals surface area (Å²) < 4.78 is 0. The van der Waals surface area contributed by atoms with E-state index in [0.29, 0.717) is 17.9 Å². The van der Waals surface area contributed by atoms with Crippen molar-refractivity contribution >= 4 is 18.6 Å². The number of hydrogen-bond acceptors (Lipinski definition) is 4. The Kier molecular flexibility index (Phi) is 3.62. The van der Waals surface area contributed by atoms with E-state index in [4.69, 9.17) is 0 Å². The van der Waals surface area contributed by atoms with Crippen LogP contribution in [0.5, 0.6) is 0 Å². The first-order valence-electron chi connectivity index (χ1n) is 5.41. The van der Waals surface area contributed by atoms with Crippen molar-refractivity contribution in [3.05, 3.63) is 53.0 Å². The quantitative estimate of drug-likeness (QED) is 0.657.